The van der Waals surface area contributed by atoms with Gasteiger partial charge in [0.05, 0.1) is 12.1 Å². The van der Waals surface area contributed by atoms with Crippen molar-refractivity contribution >= 4 is 16.9 Å². The van der Waals surface area contributed by atoms with Crippen LogP contribution in [-0.2, 0) is 5.60 Å². The monoisotopic (exact) mass is 322 g/mol. The third-order valence-electron chi connectivity index (χ3n) is 4.69. The Labute approximate surface area is 139 Å². The fourth-order valence-corrected chi connectivity index (χ4v) is 3.27. The van der Waals surface area contributed by atoms with Crippen LogP contribution in [0.15, 0.2) is 42.6 Å². The number of carbonyl (C=O) groups excluding carboxylic acids is 1. The molecule has 3 aromatic rings. The predicted octanol–water partition coefficient (Wildman–Crippen LogP) is 2.00. The van der Waals surface area contributed by atoms with Crippen LogP contribution in [0.2, 0.25) is 0 Å². The molecule has 0 saturated carbocycles. The maximum Gasteiger partial charge on any atom is 0.255 e. The molecular weight excluding hydrogens is 304 g/mol. The summed E-state index contributed by atoms with van der Waals surface area (Å²) in [6.45, 7) is 2.71. The van der Waals surface area contributed by atoms with E-state index in [2.05, 4.69) is 15.2 Å². The summed E-state index contributed by atoms with van der Waals surface area (Å²) in [6.07, 6.45) is 2.08. The van der Waals surface area contributed by atoms with Crippen LogP contribution in [0.3, 0.4) is 0 Å². The number of hydrogen-bond donors (Lipinski definition) is 2. The van der Waals surface area contributed by atoms with Crippen molar-refractivity contribution in [2.24, 2.45) is 0 Å². The van der Waals surface area contributed by atoms with Gasteiger partial charge >= 0.3 is 0 Å². The molecule has 1 saturated heterocycles. The molecule has 2 N–H and O–H groups in total. The van der Waals surface area contributed by atoms with E-state index in [1.165, 1.54) is 0 Å². The second-order valence-corrected chi connectivity index (χ2v) is 6.32. The van der Waals surface area contributed by atoms with Crippen LogP contribution in [0.1, 0.15) is 28.0 Å². The summed E-state index contributed by atoms with van der Waals surface area (Å²) >= 11 is 0. The number of H-pyrrole nitrogens is 1. The maximum absolute atomic E-state index is 12.8. The zero-order valence-corrected chi connectivity index (χ0v) is 13.4. The fourth-order valence-electron chi connectivity index (χ4n) is 3.27. The molecule has 1 amide bonds. The zero-order valence-electron chi connectivity index (χ0n) is 13.4. The van der Waals surface area contributed by atoms with Crippen molar-refractivity contribution in [2.75, 3.05) is 13.1 Å². The quantitative estimate of drug-likeness (QED) is 0.756. The van der Waals surface area contributed by atoms with Crippen LogP contribution in [0.5, 0.6) is 0 Å². The van der Waals surface area contributed by atoms with E-state index in [0.29, 0.717) is 24.2 Å². The maximum atomic E-state index is 12.8. The van der Waals surface area contributed by atoms with E-state index in [0.717, 1.165) is 16.6 Å². The number of benzene rings is 1. The number of amides is 1. The Hall–Kier alpha value is -2.73. The highest BCUT2D eigenvalue weighted by Gasteiger charge is 2.39. The lowest BCUT2D eigenvalue weighted by Gasteiger charge is -2.24. The number of β-amino-alcohol motifs (C(OH)–C–C–N with tert-alkyl or cyclic N) is 1. The number of likely N-dealkylation sites (tertiary alicyclic amines) is 1. The second kappa shape index (κ2) is 5.42. The summed E-state index contributed by atoms with van der Waals surface area (Å²) in [5.41, 5.74) is 1.87. The minimum absolute atomic E-state index is 0.114. The molecule has 1 atom stereocenters. The van der Waals surface area contributed by atoms with Gasteiger partial charge in [-0.25, -0.2) is 4.98 Å². The molecule has 1 aromatic carbocycles. The summed E-state index contributed by atoms with van der Waals surface area (Å²) in [4.78, 5) is 18.7. The Morgan fingerprint density at radius 3 is 2.92 bits per heavy atom. The molecule has 0 aliphatic carbocycles. The normalized spacial score (nSPS) is 20.7. The van der Waals surface area contributed by atoms with Gasteiger partial charge in [-0.2, -0.15) is 5.10 Å². The fraction of sp³-hybridized carbons (Fsp3) is 0.278. The largest absolute Gasteiger partial charge is 0.383 e. The van der Waals surface area contributed by atoms with Gasteiger partial charge in [-0.15, -0.1) is 0 Å². The van der Waals surface area contributed by atoms with Gasteiger partial charge in [0.15, 0.2) is 5.65 Å². The van der Waals surface area contributed by atoms with E-state index in [1.54, 1.807) is 11.1 Å². The molecule has 0 spiro atoms. The van der Waals surface area contributed by atoms with Crippen molar-refractivity contribution in [1.82, 2.24) is 20.1 Å². The molecular formula is C18H18N4O2. The smallest absolute Gasteiger partial charge is 0.255 e. The molecule has 1 aliphatic rings. The van der Waals surface area contributed by atoms with E-state index in [1.807, 2.05) is 43.3 Å². The minimum Gasteiger partial charge on any atom is -0.383 e. The van der Waals surface area contributed by atoms with Gasteiger partial charge in [0.2, 0.25) is 0 Å². The number of aromatic nitrogens is 3. The number of hydrogen-bond acceptors (Lipinski definition) is 4. The molecule has 122 valence electrons. The van der Waals surface area contributed by atoms with E-state index >= 15 is 0 Å². The van der Waals surface area contributed by atoms with Gasteiger partial charge in [0.1, 0.15) is 5.60 Å². The van der Waals surface area contributed by atoms with E-state index in [9.17, 15) is 9.90 Å². The Morgan fingerprint density at radius 1 is 1.33 bits per heavy atom. The van der Waals surface area contributed by atoms with Gasteiger partial charge in [-0.1, -0.05) is 30.3 Å². The number of aliphatic hydroxyl groups is 1. The van der Waals surface area contributed by atoms with Crippen LogP contribution in [0.25, 0.3) is 11.0 Å². The SMILES string of the molecule is Cc1[nH]nc2ncc(C(=O)N3CC[C@](O)(c4ccccc4)C3)cc12. The van der Waals surface area contributed by atoms with Gasteiger partial charge in [0.25, 0.3) is 5.91 Å². The van der Waals surface area contributed by atoms with Crippen molar-refractivity contribution in [1.29, 1.82) is 0 Å². The number of fused-ring (bicyclic) bond motifs is 1. The average molecular weight is 322 g/mol. The van der Waals surface area contributed by atoms with Crippen LogP contribution in [0, 0.1) is 6.92 Å². The highest BCUT2D eigenvalue weighted by Crippen LogP contribution is 2.32. The van der Waals surface area contributed by atoms with Crippen molar-refractivity contribution in [3.63, 3.8) is 0 Å². The third-order valence-corrected chi connectivity index (χ3v) is 4.69. The number of nitrogens with zero attached hydrogens (tertiary/aromatic N) is 3. The van der Waals surface area contributed by atoms with Crippen LogP contribution in [-0.4, -0.2) is 44.2 Å². The summed E-state index contributed by atoms with van der Waals surface area (Å²) in [7, 11) is 0. The first kappa shape index (κ1) is 14.8. The first-order valence-corrected chi connectivity index (χ1v) is 7.95. The zero-order chi connectivity index (χ0) is 16.7. The molecule has 6 heteroatoms. The lowest BCUT2D eigenvalue weighted by atomic mass is 9.93. The Bertz CT molecular complexity index is 906. The standard InChI is InChI=1S/C18H18N4O2/c1-12-15-9-13(10-19-16(15)21-20-12)17(23)22-8-7-18(24,11-22)14-5-3-2-4-6-14/h2-6,9-10,24H,7-8,11H2,1H3,(H,19,20,21)/t18-/m1/s1. The first-order valence-electron chi connectivity index (χ1n) is 7.95. The summed E-state index contributed by atoms with van der Waals surface area (Å²) < 4.78 is 0. The van der Waals surface area contributed by atoms with Gasteiger partial charge in [0, 0.05) is 23.8 Å². The number of nitrogens with one attached hydrogen (secondary N) is 1. The molecule has 0 bridgehead atoms. The summed E-state index contributed by atoms with van der Waals surface area (Å²) in [6, 6.07) is 11.3. The Morgan fingerprint density at radius 2 is 2.12 bits per heavy atom. The number of aromatic amines is 1. The first-order chi connectivity index (χ1) is 11.6. The predicted molar refractivity (Wildman–Crippen MR) is 89.5 cm³/mol. The molecule has 1 aliphatic heterocycles. The van der Waals surface area contributed by atoms with Crippen molar-refractivity contribution < 1.29 is 9.90 Å². The molecule has 4 rings (SSSR count). The topological polar surface area (TPSA) is 82.1 Å². The van der Waals surface area contributed by atoms with E-state index < -0.39 is 5.60 Å². The van der Waals surface area contributed by atoms with E-state index in [-0.39, 0.29) is 12.5 Å². The average Bonchev–Trinajstić information content (AvgIpc) is 3.19. The lowest BCUT2D eigenvalue weighted by molar-refractivity contribution is 0.0417. The minimum atomic E-state index is -0.986. The molecule has 6 nitrogen and oxygen atoms in total. The van der Waals surface area contributed by atoms with Crippen LogP contribution < -0.4 is 0 Å². The summed E-state index contributed by atoms with van der Waals surface area (Å²) in [5, 5.41) is 18.7. The van der Waals surface area contributed by atoms with Gasteiger partial charge < -0.3 is 10.0 Å². The third kappa shape index (κ3) is 2.35. The molecule has 1 fully saturated rings. The highest BCUT2D eigenvalue weighted by atomic mass is 16.3. The van der Waals surface area contributed by atoms with E-state index in [4.69, 9.17) is 0 Å². The lowest BCUT2D eigenvalue weighted by Crippen LogP contribution is -2.34. The number of carbonyl (C=O) groups is 1. The van der Waals surface area contributed by atoms with Crippen molar-refractivity contribution in [3.05, 3.63) is 59.4 Å². The molecule has 2 aromatic heterocycles. The van der Waals surface area contributed by atoms with Crippen molar-refractivity contribution in [3.8, 4) is 0 Å². The molecule has 0 radical (unpaired) electrons. The summed E-state index contributed by atoms with van der Waals surface area (Å²) in [5.74, 6) is -0.114. The number of pyridine rings is 1. The Kier molecular flexibility index (Phi) is 3.35. The second-order valence-electron chi connectivity index (χ2n) is 6.32. The van der Waals surface area contributed by atoms with Gasteiger partial charge in [-0.3, -0.25) is 9.89 Å². The Balaban J connectivity index is 1.60. The molecule has 0 unspecified atom stereocenters. The highest BCUT2D eigenvalue weighted by molar-refractivity contribution is 5.97. The molecule has 3 heterocycles. The number of aryl methyl sites for hydroxylation is 1. The molecule has 24 heavy (non-hydrogen) atoms. The van der Waals surface area contributed by atoms with Crippen LogP contribution >= 0.6 is 0 Å². The van der Waals surface area contributed by atoms with Crippen molar-refractivity contribution in [2.45, 2.75) is 18.9 Å². The van der Waals surface area contributed by atoms with Gasteiger partial charge in [-0.05, 0) is 25.0 Å². The van der Waals surface area contributed by atoms with Crippen LogP contribution in [0.4, 0.5) is 0 Å². The number of rotatable bonds is 2.